The molecule has 0 aliphatic heterocycles. The second-order valence-corrected chi connectivity index (χ2v) is 4.26. The summed E-state index contributed by atoms with van der Waals surface area (Å²) in [5.74, 6) is 2.69. The molecule has 2 aromatic carbocycles. The molecule has 0 aliphatic rings. The van der Waals surface area contributed by atoms with Gasteiger partial charge in [0.2, 0.25) is 0 Å². The molecule has 2 aromatic rings. The Bertz CT molecular complexity index is 537. The third-order valence-electron chi connectivity index (χ3n) is 2.76. The first-order valence-corrected chi connectivity index (χ1v) is 5.98. The SMILES string of the molecule is C#C[C@@H](OCc1ccccc1)c1cccc(C)c1. The number of hydrogen-bond donors (Lipinski definition) is 0. The van der Waals surface area contributed by atoms with Gasteiger partial charge in [-0.1, -0.05) is 66.1 Å². The van der Waals surface area contributed by atoms with Crippen molar-refractivity contribution in [3.05, 3.63) is 71.3 Å². The van der Waals surface area contributed by atoms with E-state index in [0.29, 0.717) is 6.61 Å². The van der Waals surface area contributed by atoms with Crippen LogP contribution in [0.1, 0.15) is 22.8 Å². The van der Waals surface area contributed by atoms with E-state index in [-0.39, 0.29) is 6.10 Å². The summed E-state index contributed by atoms with van der Waals surface area (Å²) in [6.45, 7) is 2.58. The van der Waals surface area contributed by atoms with Crippen molar-refractivity contribution < 1.29 is 4.74 Å². The summed E-state index contributed by atoms with van der Waals surface area (Å²) in [6, 6.07) is 18.2. The molecule has 0 radical (unpaired) electrons. The number of ether oxygens (including phenoxy) is 1. The summed E-state index contributed by atoms with van der Waals surface area (Å²) in [5, 5.41) is 0. The Morgan fingerprint density at radius 1 is 1.11 bits per heavy atom. The van der Waals surface area contributed by atoms with Crippen molar-refractivity contribution in [2.24, 2.45) is 0 Å². The highest BCUT2D eigenvalue weighted by Gasteiger charge is 2.08. The average molecular weight is 236 g/mol. The lowest BCUT2D eigenvalue weighted by Gasteiger charge is -2.13. The minimum absolute atomic E-state index is 0.287. The van der Waals surface area contributed by atoms with E-state index < -0.39 is 0 Å². The quantitative estimate of drug-likeness (QED) is 0.732. The number of rotatable bonds is 4. The number of hydrogen-bond acceptors (Lipinski definition) is 1. The fourth-order valence-corrected chi connectivity index (χ4v) is 1.83. The molecule has 0 bridgehead atoms. The van der Waals surface area contributed by atoms with Gasteiger partial charge in [0.15, 0.2) is 0 Å². The maximum Gasteiger partial charge on any atom is 0.143 e. The molecule has 2 rings (SSSR count). The number of benzene rings is 2. The summed E-state index contributed by atoms with van der Waals surface area (Å²) >= 11 is 0. The van der Waals surface area contributed by atoms with Crippen molar-refractivity contribution in [1.82, 2.24) is 0 Å². The molecule has 0 saturated heterocycles. The van der Waals surface area contributed by atoms with Crippen molar-refractivity contribution in [2.45, 2.75) is 19.6 Å². The van der Waals surface area contributed by atoms with Gasteiger partial charge in [-0.25, -0.2) is 0 Å². The van der Waals surface area contributed by atoms with E-state index >= 15 is 0 Å². The topological polar surface area (TPSA) is 9.23 Å². The van der Waals surface area contributed by atoms with Crippen LogP contribution in [0.4, 0.5) is 0 Å². The zero-order chi connectivity index (χ0) is 12.8. The van der Waals surface area contributed by atoms with Crippen LogP contribution in [0.15, 0.2) is 54.6 Å². The van der Waals surface area contributed by atoms with Gasteiger partial charge < -0.3 is 4.74 Å². The molecule has 0 heterocycles. The van der Waals surface area contributed by atoms with Gasteiger partial charge in [0.25, 0.3) is 0 Å². The number of terminal acetylenes is 1. The lowest BCUT2D eigenvalue weighted by Crippen LogP contribution is -2.02. The molecule has 0 saturated carbocycles. The van der Waals surface area contributed by atoms with Crippen molar-refractivity contribution in [1.29, 1.82) is 0 Å². The molecule has 0 aliphatic carbocycles. The standard InChI is InChI=1S/C17H16O/c1-3-17(16-11-7-8-14(2)12-16)18-13-15-9-5-4-6-10-15/h1,4-12,17H,13H2,2H3/t17-/m1/s1. The molecule has 0 fully saturated rings. The average Bonchev–Trinajstić information content (AvgIpc) is 2.41. The Morgan fingerprint density at radius 2 is 1.89 bits per heavy atom. The van der Waals surface area contributed by atoms with Gasteiger partial charge >= 0.3 is 0 Å². The highest BCUT2D eigenvalue weighted by Crippen LogP contribution is 2.19. The van der Waals surface area contributed by atoms with Crippen LogP contribution in [0.25, 0.3) is 0 Å². The Hall–Kier alpha value is -2.04. The fourth-order valence-electron chi connectivity index (χ4n) is 1.83. The van der Waals surface area contributed by atoms with Crippen molar-refractivity contribution in [2.75, 3.05) is 0 Å². The molecule has 0 amide bonds. The minimum Gasteiger partial charge on any atom is -0.356 e. The summed E-state index contributed by atoms with van der Waals surface area (Å²) in [4.78, 5) is 0. The van der Waals surface area contributed by atoms with Gasteiger partial charge in [0, 0.05) is 0 Å². The summed E-state index contributed by atoms with van der Waals surface area (Å²) in [5.41, 5.74) is 3.36. The molecule has 90 valence electrons. The summed E-state index contributed by atoms with van der Waals surface area (Å²) in [6.07, 6.45) is 5.26. The number of aryl methyl sites for hydroxylation is 1. The van der Waals surface area contributed by atoms with E-state index in [1.54, 1.807) is 0 Å². The van der Waals surface area contributed by atoms with Crippen LogP contribution in [0.5, 0.6) is 0 Å². The third-order valence-corrected chi connectivity index (χ3v) is 2.76. The predicted octanol–water partition coefficient (Wildman–Crippen LogP) is 3.89. The predicted molar refractivity (Wildman–Crippen MR) is 74.0 cm³/mol. The Labute approximate surface area is 108 Å². The Kier molecular flexibility index (Phi) is 4.17. The summed E-state index contributed by atoms with van der Waals surface area (Å²) < 4.78 is 5.78. The molecule has 18 heavy (non-hydrogen) atoms. The van der Waals surface area contributed by atoms with Crippen LogP contribution >= 0.6 is 0 Å². The molecule has 0 spiro atoms. The van der Waals surface area contributed by atoms with E-state index in [0.717, 1.165) is 11.1 Å². The normalized spacial score (nSPS) is 11.8. The van der Waals surface area contributed by atoms with Crippen LogP contribution in [0.3, 0.4) is 0 Å². The van der Waals surface area contributed by atoms with Crippen molar-refractivity contribution in [3.8, 4) is 12.3 Å². The first-order valence-electron chi connectivity index (χ1n) is 5.98. The molecule has 0 aromatic heterocycles. The van der Waals surface area contributed by atoms with E-state index in [4.69, 9.17) is 11.2 Å². The second kappa shape index (κ2) is 6.05. The summed E-state index contributed by atoms with van der Waals surface area (Å²) in [7, 11) is 0. The van der Waals surface area contributed by atoms with E-state index in [1.807, 2.05) is 55.5 Å². The van der Waals surface area contributed by atoms with Crippen LogP contribution in [-0.4, -0.2) is 0 Å². The molecule has 0 unspecified atom stereocenters. The highest BCUT2D eigenvalue weighted by atomic mass is 16.5. The monoisotopic (exact) mass is 236 g/mol. The first-order chi connectivity index (χ1) is 8.79. The van der Waals surface area contributed by atoms with Crippen LogP contribution in [-0.2, 0) is 11.3 Å². The lowest BCUT2D eigenvalue weighted by molar-refractivity contribution is 0.0782. The van der Waals surface area contributed by atoms with Crippen LogP contribution in [0, 0.1) is 19.3 Å². The second-order valence-electron chi connectivity index (χ2n) is 4.26. The van der Waals surface area contributed by atoms with Crippen molar-refractivity contribution in [3.63, 3.8) is 0 Å². The van der Waals surface area contributed by atoms with Gasteiger partial charge in [0.05, 0.1) is 6.61 Å². The van der Waals surface area contributed by atoms with Crippen LogP contribution < -0.4 is 0 Å². The molecule has 1 heteroatoms. The Morgan fingerprint density at radius 3 is 2.56 bits per heavy atom. The zero-order valence-electron chi connectivity index (χ0n) is 10.5. The smallest absolute Gasteiger partial charge is 0.143 e. The zero-order valence-corrected chi connectivity index (χ0v) is 10.5. The molecule has 1 nitrogen and oxygen atoms in total. The maximum absolute atomic E-state index is 5.78. The first kappa shape index (κ1) is 12.4. The van der Waals surface area contributed by atoms with Gasteiger partial charge in [-0.15, -0.1) is 6.42 Å². The van der Waals surface area contributed by atoms with Gasteiger partial charge in [0.1, 0.15) is 6.10 Å². The molecular formula is C17H16O. The Balaban J connectivity index is 2.05. The maximum atomic E-state index is 5.78. The van der Waals surface area contributed by atoms with E-state index in [1.165, 1.54) is 5.56 Å². The largest absolute Gasteiger partial charge is 0.356 e. The minimum atomic E-state index is -0.287. The molecule has 1 atom stereocenters. The van der Waals surface area contributed by atoms with E-state index in [9.17, 15) is 0 Å². The third kappa shape index (κ3) is 3.23. The highest BCUT2D eigenvalue weighted by molar-refractivity contribution is 5.28. The van der Waals surface area contributed by atoms with E-state index in [2.05, 4.69) is 12.0 Å². The van der Waals surface area contributed by atoms with Crippen LogP contribution in [0.2, 0.25) is 0 Å². The van der Waals surface area contributed by atoms with Gasteiger partial charge in [-0.3, -0.25) is 0 Å². The molecular weight excluding hydrogens is 220 g/mol. The van der Waals surface area contributed by atoms with Crippen molar-refractivity contribution >= 4 is 0 Å². The fraction of sp³-hybridized carbons (Fsp3) is 0.176. The van der Waals surface area contributed by atoms with Gasteiger partial charge in [-0.2, -0.15) is 0 Å². The van der Waals surface area contributed by atoms with Gasteiger partial charge in [-0.05, 0) is 18.1 Å². The molecule has 0 N–H and O–H groups in total. The lowest BCUT2D eigenvalue weighted by atomic mass is 10.1.